The normalized spacial score (nSPS) is 20.0. The number of carbonyl (C=O) groups excluding carboxylic acids is 1. The van der Waals surface area contributed by atoms with Crippen molar-refractivity contribution in [1.82, 2.24) is 4.90 Å². The second kappa shape index (κ2) is 5.86. The molecule has 2 fully saturated rings. The lowest BCUT2D eigenvalue weighted by Crippen LogP contribution is -2.47. The number of nitrogens with zero attached hydrogens (tertiary/aromatic N) is 2. The summed E-state index contributed by atoms with van der Waals surface area (Å²) < 4.78 is 25.0. The van der Waals surface area contributed by atoms with Crippen molar-refractivity contribution < 1.29 is 23.6 Å². The van der Waals surface area contributed by atoms with Crippen molar-refractivity contribution in [3.05, 3.63) is 39.2 Å². The van der Waals surface area contributed by atoms with Crippen LogP contribution >= 0.6 is 0 Å². The van der Waals surface area contributed by atoms with E-state index in [1.807, 2.05) is 0 Å². The minimum atomic E-state index is -0.751. The van der Waals surface area contributed by atoms with Crippen molar-refractivity contribution in [3.63, 3.8) is 0 Å². The summed E-state index contributed by atoms with van der Waals surface area (Å²) in [4.78, 5) is 24.3. The Morgan fingerprint density at radius 2 is 1.91 bits per heavy atom. The fourth-order valence-corrected chi connectivity index (χ4v) is 3.00. The number of likely N-dealkylation sites (tertiary alicyclic amines) is 1. The number of amides is 1. The molecule has 0 unspecified atom stereocenters. The van der Waals surface area contributed by atoms with Gasteiger partial charge in [0.2, 0.25) is 0 Å². The third kappa shape index (κ3) is 2.91. The summed E-state index contributed by atoms with van der Waals surface area (Å²) in [7, 11) is 0. The molecular weight excluding hydrogens is 307 g/mol. The fourth-order valence-electron chi connectivity index (χ4n) is 3.00. The number of nitro benzene ring substituents is 1. The Morgan fingerprint density at radius 1 is 1.30 bits per heavy atom. The molecule has 2 saturated heterocycles. The van der Waals surface area contributed by atoms with E-state index < -0.39 is 22.4 Å². The number of nitro groups is 1. The van der Waals surface area contributed by atoms with Gasteiger partial charge in [0, 0.05) is 37.6 Å². The molecular formula is C15H17FN2O5. The molecule has 1 spiro atoms. The number of piperidine rings is 1. The summed E-state index contributed by atoms with van der Waals surface area (Å²) in [5, 5.41) is 11.0. The van der Waals surface area contributed by atoms with Crippen LogP contribution in [0.25, 0.3) is 0 Å². The van der Waals surface area contributed by atoms with Crippen LogP contribution in [-0.2, 0) is 9.47 Å². The molecule has 0 N–H and O–H groups in total. The first-order valence-electron chi connectivity index (χ1n) is 7.44. The third-order valence-electron chi connectivity index (χ3n) is 4.39. The predicted molar refractivity (Wildman–Crippen MR) is 77.6 cm³/mol. The summed E-state index contributed by atoms with van der Waals surface area (Å²) in [6.45, 7) is 3.22. The van der Waals surface area contributed by atoms with Gasteiger partial charge in [-0.05, 0) is 13.0 Å². The summed E-state index contributed by atoms with van der Waals surface area (Å²) in [5.41, 5.74) is -0.467. The molecule has 0 saturated carbocycles. The minimum Gasteiger partial charge on any atom is -0.347 e. The Balaban J connectivity index is 1.77. The standard InChI is InChI=1S/C15H17FN2O5/c1-10-12(16)8-11(9-13(10)18(20)21)14(19)17-4-2-15(3-5-17)22-6-7-23-15/h8-9H,2-7H2,1H3. The zero-order chi connectivity index (χ0) is 16.6. The van der Waals surface area contributed by atoms with Crippen molar-refractivity contribution in [1.29, 1.82) is 0 Å². The van der Waals surface area contributed by atoms with Gasteiger partial charge in [-0.15, -0.1) is 0 Å². The lowest BCUT2D eigenvalue weighted by Gasteiger charge is -2.37. The van der Waals surface area contributed by atoms with Gasteiger partial charge in [-0.25, -0.2) is 4.39 Å². The monoisotopic (exact) mass is 324 g/mol. The van der Waals surface area contributed by atoms with E-state index in [1.165, 1.54) is 6.92 Å². The molecule has 1 aromatic rings. The van der Waals surface area contributed by atoms with Gasteiger partial charge in [-0.3, -0.25) is 14.9 Å². The predicted octanol–water partition coefficient (Wildman–Crippen LogP) is 2.02. The van der Waals surface area contributed by atoms with Gasteiger partial charge in [-0.1, -0.05) is 0 Å². The van der Waals surface area contributed by atoms with Crippen molar-refractivity contribution in [2.75, 3.05) is 26.3 Å². The van der Waals surface area contributed by atoms with Crippen LogP contribution in [0.2, 0.25) is 0 Å². The molecule has 2 heterocycles. The first-order chi connectivity index (χ1) is 10.9. The van der Waals surface area contributed by atoms with Gasteiger partial charge in [0.05, 0.1) is 23.7 Å². The third-order valence-corrected chi connectivity index (χ3v) is 4.39. The quantitative estimate of drug-likeness (QED) is 0.614. The van der Waals surface area contributed by atoms with Crippen LogP contribution in [0.1, 0.15) is 28.8 Å². The van der Waals surface area contributed by atoms with E-state index in [0.29, 0.717) is 39.1 Å². The SMILES string of the molecule is Cc1c(F)cc(C(=O)N2CCC3(CC2)OCCO3)cc1[N+](=O)[O-]. The van der Waals surface area contributed by atoms with E-state index in [0.717, 1.165) is 12.1 Å². The average Bonchev–Trinajstić information content (AvgIpc) is 2.98. The van der Waals surface area contributed by atoms with Crippen molar-refractivity contribution >= 4 is 11.6 Å². The Hall–Kier alpha value is -2.06. The number of hydrogen-bond acceptors (Lipinski definition) is 5. The van der Waals surface area contributed by atoms with Gasteiger partial charge in [0.15, 0.2) is 5.79 Å². The van der Waals surface area contributed by atoms with Gasteiger partial charge in [0.1, 0.15) is 5.82 Å². The summed E-state index contributed by atoms with van der Waals surface area (Å²) in [6, 6.07) is 2.19. The van der Waals surface area contributed by atoms with Crippen molar-refractivity contribution in [2.45, 2.75) is 25.6 Å². The van der Waals surface area contributed by atoms with Crippen LogP contribution in [-0.4, -0.2) is 47.8 Å². The number of ether oxygens (including phenoxy) is 2. The molecule has 23 heavy (non-hydrogen) atoms. The van der Waals surface area contributed by atoms with Crippen LogP contribution in [0.4, 0.5) is 10.1 Å². The highest BCUT2D eigenvalue weighted by Crippen LogP contribution is 2.32. The molecule has 0 aromatic heterocycles. The number of carbonyl (C=O) groups is 1. The Kier molecular flexibility index (Phi) is 4.03. The maximum absolute atomic E-state index is 13.9. The Morgan fingerprint density at radius 3 is 2.48 bits per heavy atom. The Labute approximate surface area is 132 Å². The molecule has 7 nitrogen and oxygen atoms in total. The lowest BCUT2D eigenvalue weighted by atomic mass is 10.0. The molecule has 1 aromatic carbocycles. The summed E-state index contributed by atoms with van der Waals surface area (Å²) in [5.74, 6) is -1.78. The van der Waals surface area contributed by atoms with Crippen LogP contribution in [0.5, 0.6) is 0 Å². The van der Waals surface area contributed by atoms with E-state index >= 15 is 0 Å². The van der Waals surface area contributed by atoms with E-state index in [2.05, 4.69) is 0 Å². The molecule has 1 amide bonds. The van der Waals surface area contributed by atoms with Gasteiger partial charge in [-0.2, -0.15) is 0 Å². The lowest BCUT2D eigenvalue weighted by molar-refractivity contribution is -0.385. The molecule has 8 heteroatoms. The van der Waals surface area contributed by atoms with E-state index in [1.54, 1.807) is 4.90 Å². The molecule has 0 radical (unpaired) electrons. The minimum absolute atomic E-state index is 0.0102. The number of rotatable bonds is 2. The second-order valence-electron chi connectivity index (χ2n) is 5.76. The van der Waals surface area contributed by atoms with Crippen molar-refractivity contribution in [2.24, 2.45) is 0 Å². The maximum Gasteiger partial charge on any atom is 0.276 e. The number of hydrogen-bond donors (Lipinski definition) is 0. The Bertz CT molecular complexity index is 648. The zero-order valence-corrected chi connectivity index (χ0v) is 12.7. The molecule has 0 bridgehead atoms. The summed E-state index contributed by atoms with van der Waals surface area (Å²) in [6.07, 6.45) is 1.07. The number of benzene rings is 1. The van der Waals surface area contributed by atoms with Gasteiger partial charge >= 0.3 is 0 Å². The molecule has 124 valence electrons. The van der Waals surface area contributed by atoms with Crippen molar-refractivity contribution in [3.8, 4) is 0 Å². The van der Waals surface area contributed by atoms with E-state index in [4.69, 9.17) is 9.47 Å². The van der Waals surface area contributed by atoms with Gasteiger partial charge < -0.3 is 14.4 Å². The first kappa shape index (κ1) is 15.8. The smallest absolute Gasteiger partial charge is 0.276 e. The average molecular weight is 324 g/mol. The zero-order valence-electron chi connectivity index (χ0n) is 12.7. The maximum atomic E-state index is 13.9. The highest BCUT2D eigenvalue weighted by Gasteiger charge is 2.41. The van der Waals surface area contributed by atoms with Crippen LogP contribution in [0.3, 0.4) is 0 Å². The summed E-state index contributed by atoms with van der Waals surface area (Å²) >= 11 is 0. The fraction of sp³-hybridized carbons (Fsp3) is 0.533. The molecule has 2 aliphatic rings. The first-order valence-corrected chi connectivity index (χ1v) is 7.44. The van der Waals surface area contributed by atoms with Crippen LogP contribution < -0.4 is 0 Å². The number of halogens is 1. The highest BCUT2D eigenvalue weighted by atomic mass is 19.1. The molecule has 0 atom stereocenters. The van der Waals surface area contributed by atoms with Gasteiger partial charge in [0.25, 0.3) is 11.6 Å². The van der Waals surface area contributed by atoms with E-state index in [9.17, 15) is 19.3 Å². The second-order valence-corrected chi connectivity index (χ2v) is 5.76. The largest absolute Gasteiger partial charge is 0.347 e. The molecule has 0 aliphatic carbocycles. The topological polar surface area (TPSA) is 81.9 Å². The molecule has 3 rings (SSSR count). The van der Waals surface area contributed by atoms with Crippen LogP contribution in [0.15, 0.2) is 12.1 Å². The van der Waals surface area contributed by atoms with E-state index in [-0.39, 0.29) is 16.8 Å². The van der Waals surface area contributed by atoms with Crippen LogP contribution in [0, 0.1) is 22.9 Å². The molecule has 2 aliphatic heterocycles. The highest BCUT2D eigenvalue weighted by molar-refractivity contribution is 5.95.